The number of carbonyl (C=O) groups is 2. The van der Waals surface area contributed by atoms with Crippen LogP contribution in [0.15, 0.2) is 24.3 Å². The normalized spacial score (nSPS) is 19.6. The Bertz CT molecular complexity index is 431. The van der Waals surface area contributed by atoms with Crippen molar-refractivity contribution in [3.05, 3.63) is 35.6 Å². The first-order valence-electron chi connectivity index (χ1n) is 5.51. The summed E-state index contributed by atoms with van der Waals surface area (Å²) in [6.07, 6.45) is 1.48. The largest absolute Gasteiger partial charge is 0.354 e. The van der Waals surface area contributed by atoms with Crippen molar-refractivity contribution in [3.63, 3.8) is 0 Å². The minimum atomic E-state index is -0.485. The van der Waals surface area contributed by atoms with E-state index in [1.807, 2.05) is 0 Å². The lowest BCUT2D eigenvalue weighted by atomic mass is 10.1. The van der Waals surface area contributed by atoms with Gasteiger partial charge in [-0.2, -0.15) is 0 Å². The van der Waals surface area contributed by atoms with Gasteiger partial charge in [-0.3, -0.25) is 9.59 Å². The van der Waals surface area contributed by atoms with Crippen LogP contribution in [0.1, 0.15) is 23.2 Å². The summed E-state index contributed by atoms with van der Waals surface area (Å²) in [5, 5.41) is 5.32. The lowest BCUT2D eigenvalue weighted by Gasteiger charge is -2.22. The molecule has 2 N–H and O–H groups in total. The van der Waals surface area contributed by atoms with E-state index in [0.717, 1.165) is 6.42 Å². The maximum Gasteiger partial charge on any atom is 0.251 e. The Kier molecular flexibility index (Phi) is 3.37. The molecule has 17 heavy (non-hydrogen) atoms. The number of nitrogens with one attached hydrogen (secondary N) is 2. The van der Waals surface area contributed by atoms with E-state index in [1.54, 1.807) is 0 Å². The molecule has 1 aromatic carbocycles. The molecule has 2 rings (SSSR count). The summed E-state index contributed by atoms with van der Waals surface area (Å²) in [5.41, 5.74) is 0.352. The van der Waals surface area contributed by atoms with E-state index in [0.29, 0.717) is 18.5 Å². The number of benzene rings is 1. The number of carbonyl (C=O) groups excluding carboxylic acids is 2. The van der Waals surface area contributed by atoms with Gasteiger partial charge in [-0.1, -0.05) is 0 Å². The Labute approximate surface area is 98.2 Å². The lowest BCUT2D eigenvalue weighted by molar-refractivity contribution is -0.124. The minimum Gasteiger partial charge on any atom is -0.354 e. The van der Waals surface area contributed by atoms with E-state index in [9.17, 15) is 14.0 Å². The summed E-state index contributed by atoms with van der Waals surface area (Å²) in [7, 11) is 0. The highest BCUT2D eigenvalue weighted by molar-refractivity contribution is 5.97. The van der Waals surface area contributed by atoms with Crippen molar-refractivity contribution >= 4 is 11.8 Å². The van der Waals surface area contributed by atoms with Crippen LogP contribution in [0.3, 0.4) is 0 Å². The molecular weight excluding hydrogens is 223 g/mol. The highest BCUT2D eigenvalue weighted by atomic mass is 19.1. The van der Waals surface area contributed by atoms with Crippen molar-refractivity contribution in [1.29, 1.82) is 0 Å². The monoisotopic (exact) mass is 236 g/mol. The predicted octanol–water partition coefficient (Wildman–Crippen LogP) is 0.834. The first kappa shape index (κ1) is 11.6. The van der Waals surface area contributed by atoms with E-state index in [2.05, 4.69) is 10.6 Å². The van der Waals surface area contributed by atoms with Crippen molar-refractivity contribution in [3.8, 4) is 0 Å². The first-order chi connectivity index (χ1) is 8.16. The number of hydrogen-bond donors (Lipinski definition) is 2. The zero-order valence-electron chi connectivity index (χ0n) is 9.20. The summed E-state index contributed by atoms with van der Waals surface area (Å²) in [6.45, 7) is 0.655. The van der Waals surface area contributed by atoms with Crippen LogP contribution in [0.25, 0.3) is 0 Å². The van der Waals surface area contributed by atoms with Crippen LogP contribution in [0, 0.1) is 5.82 Å². The quantitative estimate of drug-likeness (QED) is 0.799. The fourth-order valence-electron chi connectivity index (χ4n) is 1.75. The molecule has 2 amide bonds. The van der Waals surface area contributed by atoms with Crippen LogP contribution in [0.4, 0.5) is 4.39 Å². The number of hydrogen-bond acceptors (Lipinski definition) is 2. The van der Waals surface area contributed by atoms with Gasteiger partial charge in [0.15, 0.2) is 0 Å². The molecule has 0 saturated carbocycles. The summed E-state index contributed by atoms with van der Waals surface area (Å²) in [6, 6.07) is 4.74. The summed E-state index contributed by atoms with van der Waals surface area (Å²) in [4.78, 5) is 23.2. The van der Waals surface area contributed by atoms with Crippen molar-refractivity contribution in [2.75, 3.05) is 6.54 Å². The van der Waals surface area contributed by atoms with Gasteiger partial charge >= 0.3 is 0 Å². The zero-order valence-corrected chi connectivity index (χ0v) is 9.20. The average Bonchev–Trinajstić information content (AvgIpc) is 2.33. The molecule has 1 saturated heterocycles. The number of piperidine rings is 1. The Balaban J connectivity index is 2.01. The summed E-state index contributed by atoms with van der Waals surface area (Å²) >= 11 is 0. The van der Waals surface area contributed by atoms with E-state index in [1.165, 1.54) is 24.3 Å². The third-order valence-corrected chi connectivity index (χ3v) is 2.70. The summed E-state index contributed by atoms with van der Waals surface area (Å²) in [5.74, 6) is -0.907. The molecule has 1 heterocycles. The maximum absolute atomic E-state index is 12.7. The Morgan fingerprint density at radius 1 is 1.35 bits per heavy atom. The second kappa shape index (κ2) is 4.95. The number of halogens is 1. The van der Waals surface area contributed by atoms with Crippen molar-refractivity contribution in [1.82, 2.24) is 10.6 Å². The molecule has 0 spiro atoms. The van der Waals surface area contributed by atoms with Gasteiger partial charge in [0.1, 0.15) is 11.9 Å². The molecule has 1 aliphatic rings. The second-order valence-electron chi connectivity index (χ2n) is 3.97. The van der Waals surface area contributed by atoms with Crippen molar-refractivity contribution in [2.45, 2.75) is 18.9 Å². The van der Waals surface area contributed by atoms with Crippen LogP contribution in [-0.4, -0.2) is 24.4 Å². The van der Waals surface area contributed by atoms with Gasteiger partial charge in [0, 0.05) is 12.1 Å². The molecule has 0 aromatic heterocycles. The second-order valence-corrected chi connectivity index (χ2v) is 3.97. The molecule has 1 aliphatic heterocycles. The molecular formula is C12H13FN2O2. The fraction of sp³-hybridized carbons (Fsp3) is 0.333. The van der Waals surface area contributed by atoms with Crippen molar-refractivity contribution in [2.24, 2.45) is 0 Å². The summed E-state index contributed by atoms with van der Waals surface area (Å²) < 4.78 is 12.7. The molecule has 5 heteroatoms. The highest BCUT2D eigenvalue weighted by Crippen LogP contribution is 2.06. The van der Waals surface area contributed by atoms with Gasteiger partial charge in [0.25, 0.3) is 5.91 Å². The molecule has 0 aliphatic carbocycles. The van der Waals surface area contributed by atoms with Crippen molar-refractivity contribution < 1.29 is 14.0 Å². The van der Waals surface area contributed by atoms with Gasteiger partial charge in [0.2, 0.25) is 5.91 Å². The van der Waals surface area contributed by atoms with Gasteiger partial charge in [-0.25, -0.2) is 4.39 Å². The smallest absolute Gasteiger partial charge is 0.251 e. The molecule has 90 valence electrons. The van der Waals surface area contributed by atoms with Crippen LogP contribution in [0.5, 0.6) is 0 Å². The molecule has 1 aromatic rings. The molecule has 4 nitrogen and oxygen atoms in total. The molecule has 1 fully saturated rings. The Hall–Kier alpha value is -1.91. The highest BCUT2D eigenvalue weighted by Gasteiger charge is 2.23. The molecule has 1 atom stereocenters. The Morgan fingerprint density at radius 2 is 2.06 bits per heavy atom. The SMILES string of the molecule is O=C(NC1CCCNC1=O)c1ccc(F)cc1. The van der Waals surface area contributed by atoms with Crippen LogP contribution in [-0.2, 0) is 4.79 Å². The molecule has 1 unspecified atom stereocenters. The Morgan fingerprint density at radius 3 is 2.71 bits per heavy atom. The van der Waals surface area contributed by atoms with Crippen LogP contribution in [0.2, 0.25) is 0 Å². The van der Waals surface area contributed by atoms with E-state index in [-0.39, 0.29) is 11.8 Å². The van der Waals surface area contributed by atoms with Gasteiger partial charge in [-0.05, 0) is 37.1 Å². The van der Waals surface area contributed by atoms with E-state index in [4.69, 9.17) is 0 Å². The van der Waals surface area contributed by atoms with Gasteiger partial charge < -0.3 is 10.6 Å². The zero-order chi connectivity index (χ0) is 12.3. The minimum absolute atomic E-state index is 0.160. The average molecular weight is 236 g/mol. The molecule has 0 bridgehead atoms. The maximum atomic E-state index is 12.7. The van der Waals surface area contributed by atoms with Crippen LogP contribution < -0.4 is 10.6 Å². The lowest BCUT2D eigenvalue weighted by Crippen LogP contribution is -2.50. The third kappa shape index (κ3) is 2.81. The standard InChI is InChI=1S/C12H13FN2O2/c13-9-5-3-8(4-6-9)11(16)15-10-2-1-7-14-12(10)17/h3-6,10H,1-2,7H2,(H,14,17)(H,15,16). The fourth-order valence-corrected chi connectivity index (χ4v) is 1.75. The van der Waals surface area contributed by atoms with E-state index >= 15 is 0 Å². The van der Waals surface area contributed by atoms with E-state index < -0.39 is 11.9 Å². The third-order valence-electron chi connectivity index (χ3n) is 2.70. The number of rotatable bonds is 2. The van der Waals surface area contributed by atoms with Crippen LogP contribution >= 0.6 is 0 Å². The predicted molar refractivity (Wildman–Crippen MR) is 59.9 cm³/mol. The first-order valence-corrected chi connectivity index (χ1v) is 5.51. The van der Waals surface area contributed by atoms with Gasteiger partial charge in [0.05, 0.1) is 0 Å². The van der Waals surface area contributed by atoms with Gasteiger partial charge in [-0.15, -0.1) is 0 Å². The topological polar surface area (TPSA) is 58.2 Å². The molecule has 0 radical (unpaired) electrons. The number of amides is 2.